The Morgan fingerprint density at radius 3 is 2.50 bits per heavy atom. The highest BCUT2D eigenvalue weighted by atomic mass is 32.2. The van der Waals surface area contributed by atoms with Crippen molar-refractivity contribution in [1.82, 2.24) is 0 Å². The third-order valence-corrected chi connectivity index (χ3v) is 4.42. The molecule has 1 rings (SSSR count). The van der Waals surface area contributed by atoms with Gasteiger partial charge in [0, 0.05) is 12.1 Å². The van der Waals surface area contributed by atoms with E-state index in [2.05, 4.69) is 5.32 Å². The summed E-state index contributed by atoms with van der Waals surface area (Å²) in [5.41, 5.74) is 5.55. The van der Waals surface area contributed by atoms with E-state index >= 15 is 0 Å². The van der Waals surface area contributed by atoms with E-state index in [0.29, 0.717) is 13.0 Å². The third-order valence-electron chi connectivity index (χ3n) is 3.04. The van der Waals surface area contributed by atoms with Gasteiger partial charge in [-0.1, -0.05) is 18.9 Å². The van der Waals surface area contributed by atoms with Gasteiger partial charge in [0.15, 0.2) is 0 Å². The summed E-state index contributed by atoms with van der Waals surface area (Å²) in [5, 5.41) is 2.51. The Hall–Kier alpha value is -1.54. The number of hydrogen-bond donors (Lipinski definition) is 2. The molecular weight excluding hydrogens is 314 g/mol. The number of amides is 1. The molecule has 0 heterocycles. The van der Waals surface area contributed by atoms with Crippen molar-refractivity contribution in [3.63, 3.8) is 0 Å². The molecule has 0 saturated carbocycles. The van der Waals surface area contributed by atoms with E-state index in [0.717, 1.165) is 31.4 Å². The molecule has 22 heavy (non-hydrogen) atoms. The highest BCUT2D eigenvalue weighted by Gasteiger charge is 2.26. The first-order chi connectivity index (χ1) is 10.4. The minimum Gasteiger partial charge on any atom is -0.330 e. The monoisotopic (exact) mass is 334 g/mol. The van der Waals surface area contributed by atoms with Crippen molar-refractivity contribution in [1.29, 1.82) is 0 Å². The molecule has 1 amide bonds. The van der Waals surface area contributed by atoms with Gasteiger partial charge in [0.25, 0.3) is 0 Å². The van der Waals surface area contributed by atoms with E-state index in [4.69, 9.17) is 5.73 Å². The second-order valence-electron chi connectivity index (χ2n) is 4.83. The van der Waals surface area contributed by atoms with Gasteiger partial charge in [-0.15, -0.1) is 0 Å². The van der Waals surface area contributed by atoms with Crippen molar-refractivity contribution < 1.29 is 22.0 Å². The van der Waals surface area contributed by atoms with Crippen LogP contribution in [0.4, 0.5) is 14.5 Å². The second kappa shape index (κ2) is 8.79. The van der Waals surface area contributed by atoms with Crippen LogP contribution in [-0.4, -0.2) is 26.6 Å². The molecule has 5 nitrogen and oxygen atoms in total. The Bertz CT molecular complexity index is 592. The molecule has 0 saturated heterocycles. The van der Waals surface area contributed by atoms with Gasteiger partial charge in [0.2, 0.25) is 15.7 Å². The van der Waals surface area contributed by atoms with Crippen LogP contribution in [0.5, 0.6) is 0 Å². The molecule has 0 fully saturated rings. The predicted molar refractivity (Wildman–Crippen MR) is 80.4 cm³/mol. The van der Waals surface area contributed by atoms with E-state index < -0.39 is 20.5 Å². The van der Waals surface area contributed by atoms with Crippen molar-refractivity contribution >= 4 is 21.4 Å². The van der Waals surface area contributed by atoms with Gasteiger partial charge in [0.1, 0.15) is 0 Å². The first-order valence-corrected chi connectivity index (χ1v) is 8.54. The zero-order valence-electron chi connectivity index (χ0n) is 12.1. The van der Waals surface area contributed by atoms with Crippen molar-refractivity contribution in [3.8, 4) is 0 Å². The first kappa shape index (κ1) is 18.5. The minimum absolute atomic E-state index is 0.189. The number of sulfone groups is 1. The van der Waals surface area contributed by atoms with E-state index in [1.807, 2.05) is 0 Å². The lowest BCUT2D eigenvalue weighted by atomic mass is 10.1. The van der Waals surface area contributed by atoms with Crippen LogP contribution in [0.1, 0.15) is 32.1 Å². The molecule has 0 aliphatic heterocycles. The Balaban J connectivity index is 2.58. The lowest BCUT2D eigenvalue weighted by molar-refractivity contribution is -0.116. The van der Waals surface area contributed by atoms with Crippen LogP contribution in [-0.2, 0) is 14.6 Å². The molecule has 8 heteroatoms. The molecule has 0 aliphatic rings. The van der Waals surface area contributed by atoms with Gasteiger partial charge in [0.05, 0.1) is 4.90 Å². The Morgan fingerprint density at radius 2 is 1.86 bits per heavy atom. The number of anilines is 1. The number of alkyl halides is 2. The molecule has 0 radical (unpaired) electrons. The average Bonchev–Trinajstić information content (AvgIpc) is 2.47. The summed E-state index contributed by atoms with van der Waals surface area (Å²) < 4.78 is 47.7. The summed E-state index contributed by atoms with van der Waals surface area (Å²) in [7, 11) is -4.66. The van der Waals surface area contributed by atoms with Crippen LogP contribution in [0.15, 0.2) is 29.2 Å². The molecule has 124 valence electrons. The predicted octanol–water partition coefficient (Wildman–Crippen LogP) is 2.53. The highest BCUT2D eigenvalue weighted by Crippen LogP contribution is 2.21. The van der Waals surface area contributed by atoms with Gasteiger partial charge in [-0.25, -0.2) is 8.42 Å². The van der Waals surface area contributed by atoms with E-state index in [1.165, 1.54) is 12.1 Å². The lowest BCUT2D eigenvalue weighted by Gasteiger charge is -2.08. The molecular formula is C14H20F2N2O3S. The number of nitrogens with two attached hydrogens (primary N) is 1. The number of rotatable bonds is 9. The fourth-order valence-corrected chi connectivity index (χ4v) is 2.63. The maximum atomic E-state index is 12.5. The Kier molecular flexibility index (Phi) is 7.40. The fourth-order valence-electron chi connectivity index (χ4n) is 1.86. The van der Waals surface area contributed by atoms with Crippen LogP contribution < -0.4 is 11.1 Å². The van der Waals surface area contributed by atoms with Gasteiger partial charge in [-0.2, -0.15) is 8.78 Å². The van der Waals surface area contributed by atoms with Crippen LogP contribution in [0.3, 0.4) is 0 Å². The van der Waals surface area contributed by atoms with E-state index in [-0.39, 0.29) is 18.0 Å². The average molecular weight is 334 g/mol. The van der Waals surface area contributed by atoms with Crippen molar-refractivity contribution in [2.75, 3.05) is 11.9 Å². The number of benzene rings is 1. The van der Waals surface area contributed by atoms with Crippen LogP contribution in [0, 0.1) is 0 Å². The van der Waals surface area contributed by atoms with E-state index in [1.54, 1.807) is 0 Å². The summed E-state index contributed by atoms with van der Waals surface area (Å²) in [6.07, 6.45) is 3.72. The number of halogens is 2. The van der Waals surface area contributed by atoms with Gasteiger partial charge in [-0.3, -0.25) is 4.79 Å². The topological polar surface area (TPSA) is 89.3 Å². The van der Waals surface area contributed by atoms with E-state index in [9.17, 15) is 22.0 Å². The second-order valence-corrected chi connectivity index (χ2v) is 6.75. The number of hydrogen-bond acceptors (Lipinski definition) is 4. The summed E-state index contributed by atoms with van der Waals surface area (Å²) in [5.74, 6) is -3.76. The lowest BCUT2D eigenvalue weighted by Crippen LogP contribution is -2.14. The zero-order chi connectivity index (χ0) is 16.6. The smallest absolute Gasteiger partial charge is 0.330 e. The van der Waals surface area contributed by atoms with Crippen molar-refractivity contribution in [3.05, 3.63) is 24.3 Å². The third kappa shape index (κ3) is 5.69. The minimum atomic E-state index is -4.66. The van der Waals surface area contributed by atoms with Crippen molar-refractivity contribution in [2.24, 2.45) is 5.73 Å². The molecule has 1 aromatic rings. The Labute approximate surface area is 128 Å². The normalized spacial score (nSPS) is 11.6. The highest BCUT2D eigenvalue weighted by molar-refractivity contribution is 7.91. The van der Waals surface area contributed by atoms with Crippen LogP contribution in [0.25, 0.3) is 0 Å². The van der Waals surface area contributed by atoms with Crippen LogP contribution in [0.2, 0.25) is 0 Å². The maximum Gasteiger partial charge on any atom is 0.341 e. The largest absolute Gasteiger partial charge is 0.341 e. The fraction of sp³-hybridized carbons (Fsp3) is 0.500. The quantitative estimate of drug-likeness (QED) is 0.679. The standard InChI is InChI=1S/C14H20F2N2O3S/c15-14(16)22(20,21)12-7-5-6-11(10-12)18-13(19)8-3-1-2-4-9-17/h5-7,10,14H,1-4,8-9,17H2,(H,18,19). The zero-order valence-corrected chi connectivity index (χ0v) is 12.9. The summed E-state index contributed by atoms with van der Waals surface area (Å²) in [6.45, 7) is 0.623. The molecule has 0 atom stereocenters. The summed E-state index contributed by atoms with van der Waals surface area (Å²) in [6, 6.07) is 4.88. The number of carbonyl (C=O) groups is 1. The molecule has 0 bridgehead atoms. The molecule has 0 aromatic heterocycles. The molecule has 0 spiro atoms. The maximum absolute atomic E-state index is 12.5. The summed E-state index contributed by atoms with van der Waals surface area (Å²) in [4.78, 5) is 11.2. The SMILES string of the molecule is NCCCCCCC(=O)Nc1cccc(S(=O)(=O)C(F)F)c1. The molecule has 3 N–H and O–H groups in total. The molecule has 1 aromatic carbocycles. The van der Waals surface area contributed by atoms with Gasteiger partial charge in [-0.05, 0) is 37.6 Å². The van der Waals surface area contributed by atoms with Gasteiger partial charge >= 0.3 is 5.76 Å². The molecule has 0 unspecified atom stereocenters. The number of nitrogens with one attached hydrogen (secondary N) is 1. The van der Waals surface area contributed by atoms with Gasteiger partial charge < -0.3 is 11.1 Å². The first-order valence-electron chi connectivity index (χ1n) is 7.00. The Morgan fingerprint density at radius 1 is 1.18 bits per heavy atom. The number of carbonyl (C=O) groups excluding carboxylic acids is 1. The summed E-state index contributed by atoms with van der Waals surface area (Å²) >= 11 is 0. The number of unbranched alkanes of at least 4 members (excludes halogenated alkanes) is 3. The molecule has 0 aliphatic carbocycles. The van der Waals surface area contributed by atoms with Crippen molar-refractivity contribution in [2.45, 2.75) is 42.8 Å². The van der Waals surface area contributed by atoms with Crippen LogP contribution >= 0.6 is 0 Å².